The minimum atomic E-state index is -7.22. The molecule has 0 radical (unpaired) electrons. The first kappa shape index (κ1) is 47.8. The van der Waals surface area contributed by atoms with Gasteiger partial charge in [-0.2, -0.15) is 4.57 Å². The normalized spacial score (nSPS) is 11.7. The minimum absolute atomic E-state index is 0.865. The van der Waals surface area contributed by atoms with Crippen LogP contribution in [0.15, 0.2) is 69.9 Å². The Morgan fingerprint density at radius 1 is 0.328 bits per heavy atom. The third kappa shape index (κ3) is 7.34. The van der Waals surface area contributed by atoms with Crippen LogP contribution in [0.2, 0.25) is 0 Å². The summed E-state index contributed by atoms with van der Waals surface area (Å²) in [4.78, 5) is 0. The lowest BCUT2D eigenvalue weighted by atomic mass is 9.12. The van der Waals surface area contributed by atoms with E-state index in [-0.39, 0.29) is 0 Å². The zero-order chi connectivity index (χ0) is 47.6. The maximum atomic E-state index is 15.4. The number of nitrogens with zero attached hydrogens (tertiary/aromatic N) is 1. The van der Waals surface area contributed by atoms with Crippen LogP contribution in [0.5, 0.6) is 0 Å². The molecule has 334 valence electrons. The molecule has 0 unspecified atom stereocenters. The average Bonchev–Trinajstić information content (AvgIpc) is 3.28. The number of hydrogen-bond donors (Lipinski definition) is 0. The first-order valence-electron chi connectivity index (χ1n) is 17.0. The molecule has 1 nitrogen and oxygen atoms in total. The van der Waals surface area contributed by atoms with Crippen LogP contribution >= 0.6 is 31.9 Å². The summed E-state index contributed by atoms with van der Waals surface area (Å²) in [6, 6.07) is 18.9. The van der Waals surface area contributed by atoms with E-state index < -0.39 is 144 Å². The van der Waals surface area contributed by atoms with Crippen LogP contribution in [0.3, 0.4) is 0 Å². The van der Waals surface area contributed by atoms with Crippen LogP contribution in [0, 0.1) is 116 Å². The highest BCUT2D eigenvalue weighted by Gasteiger charge is 2.52. The molecule has 1 aromatic heterocycles. The van der Waals surface area contributed by atoms with Crippen LogP contribution in [-0.2, 0) is 6.54 Å². The Labute approximate surface area is 360 Å². The van der Waals surface area contributed by atoms with E-state index >= 15 is 35.1 Å². The molecular weight excluding hydrogens is 1050 g/mol. The standard InChI is InChI=1S/C24BF20.C16H12Br2N/c26-5-1(6(27)14(35)21(42)13(5)34)25(2-7(28)15(36)22(43)16(37)8(2)29,3-9(30)17(38)23(44)18(39)10(3)31)4-11(32)19(40)24(45)20(41)12(4)33;17-15-8-4-7-14-13(15)9-10-19(16(14)18)11-12-5-2-1-3-6-12/h;1-10H,11H2/q-1;+1. The van der Waals surface area contributed by atoms with Crippen molar-refractivity contribution < 1.29 is 92.4 Å². The SMILES string of the molecule is Brc1cccc2c(Br)[n+](Cc3ccccc3)ccc12.Fc1c(F)c(F)c([B-](c2c(F)c(F)c(F)c(F)c2F)(c2c(F)c(F)c(F)c(F)c2F)c2c(F)c(F)c(F)c(F)c2F)c(F)c1F. The van der Waals surface area contributed by atoms with E-state index in [9.17, 15) is 52.7 Å². The number of pyridine rings is 1. The fourth-order valence-corrected chi connectivity index (χ4v) is 8.14. The second kappa shape index (κ2) is 17.7. The average molecular weight is 1060 g/mol. The second-order valence-corrected chi connectivity index (χ2v) is 14.8. The first-order valence-corrected chi connectivity index (χ1v) is 18.6. The molecule has 0 bridgehead atoms. The molecule has 24 heteroatoms. The highest BCUT2D eigenvalue weighted by atomic mass is 79.9. The first-order chi connectivity index (χ1) is 30.0. The Kier molecular flexibility index (Phi) is 13.3. The lowest BCUT2D eigenvalue weighted by molar-refractivity contribution is -0.697. The van der Waals surface area contributed by atoms with Gasteiger partial charge in [0, 0.05) is 37.4 Å². The molecule has 0 atom stereocenters. The highest BCUT2D eigenvalue weighted by molar-refractivity contribution is 9.11. The molecular formula is C40H12BBr2F20N. The quantitative estimate of drug-likeness (QED) is 0.0390. The van der Waals surface area contributed by atoms with E-state index in [2.05, 4.69) is 91.2 Å². The summed E-state index contributed by atoms with van der Waals surface area (Å²) in [6.07, 6.45) is -5.10. The predicted octanol–water partition coefficient (Wildman–Crippen LogP) is 10.5. The molecule has 1 heterocycles. The van der Waals surface area contributed by atoms with E-state index in [1.54, 1.807) is 0 Å². The van der Waals surface area contributed by atoms with Crippen molar-refractivity contribution in [2.24, 2.45) is 0 Å². The molecule has 0 saturated heterocycles. The molecule has 7 aromatic rings. The van der Waals surface area contributed by atoms with E-state index in [4.69, 9.17) is 0 Å². The molecule has 0 fully saturated rings. The zero-order valence-electron chi connectivity index (χ0n) is 30.3. The number of aromatic nitrogens is 1. The van der Waals surface area contributed by atoms with Gasteiger partial charge in [-0.25, -0.2) is 87.8 Å². The Balaban J connectivity index is 0.000000295. The maximum Gasteiger partial charge on any atom is 0.256 e. The van der Waals surface area contributed by atoms with Gasteiger partial charge < -0.3 is 0 Å². The van der Waals surface area contributed by atoms with Gasteiger partial charge in [0.2, 0.25) is 0 Å². The van der Waals surface area contributed by atoms with Crippen LogP contribution in [-0.4, -0.2) is 6.15 Å². The third-order valence-electron chi connectivity index (χ3n) is 9.85. The molecule has 0 spiro atoms. The summed E-state index contributed by atoms with van der Waals surface area (Å²) in [5.41, 5.74) is -13.0. The Hall–Kier alpha value is -5.65. The van der Waals surface area contributed by atoms with Gasteiger partial charge in [-0.1, -0.05) is 52.3 Å². The fourth-order valence-electron chi connectivity index (χ4n) is 7.05. The van der Waals surface area contributed by atoms with E-state index in [1.807, 2.05) is 6.07 Å². The predicted molar refractivity (Wildman–Crippen MR) is 194 cm³/mol. The maximum absolute atomic E-state index is 15.4. The summed E-state index contributed by atoms with van der Waals surface area (Å²) in [7, 11) is 0. The van der Waals surface area contributed by atoms with Gasteiger partial charge in [0.1, 0.15) is 52.7 Å². The highest BCUT2D eigenvalue weighted by Crippen LogP contribution is 2.31. The number of rotatable bonds is 6. The van der Waals surface area contributed by atoms with Crippen molar-refractivity contribution in [1.82, 2.24) is 0 Å². The molecule has 0 N–H and O–H groups in total. The summed E-state index contributed by atoms with van der Waals surface area (Å²) in [6.45, 7) is 0.865. The van der Waals surface area contributed by atoms with Gasteiger partial charge in [0.15, 0.2) is 82.5 Å². The topological polar surface area (TPSA) is 3.88 Å². The smallest absolute Gasteiger partial charge is 0.207 e. The fraction of sp³-hybridized carbons (Fsp3) is 0.0250. The molecule has 7 rings (SSSR count). The minimum Gasteiger partial charge on any atom is -0.207 e. The largest absolute Gasteiger partial charge is 0.256 e. The Morgan fingerprint density at radius 3 is 0.938 bits per heavy atom. The number of halogens is 22. The molecule has 6 aromatic carbocycles. The van der Waals surface area contributed by atoms with Crippen LogP contribution in [0.1, 0.15) is 5.56 Å². The van der Waals surface area contributed by atoms with Gasteiger partial charge in [-0.05, 0) is 12.1 Å². The van der Waals surface area contributed by atoms with Gasteiger partial charge in [0.25, 0.3) is 4.60 Å². The van der Waals surface area contributed by atoms with Crippen LogP contribution < -0.4 is 26.4 Å². The van der Waals surface area contributed by atoms with E-state index in [0.29, 0.717) is 0 Å². The van der Waals surface area contributed by atoms with E-state index in [0.717, 1.165) is 15.6 Å². The summed E-state index contributed by atoms with van der Waals surface area (Å²) < 4.78 is 298. The second-order valence-electron chi connectivity index (χ2n) is 13.2. The number of benzene rings is 6. The van der Waals surface area contributed by atoms with Crippen molar-refractivity contribution >= 4 is 70.6 Å². The van der Waals surface area contributed by atoms with Gasteiger partial charge >= 0.3 is 0 Å². The van der Waals surface area contributed by atoms with Gasteiger partial charge in [-0.15, -0.1) is 21.9 Å². The lowest BCUT2D eigenvalue weighted by Gasteiger charge is -2.44. The number of hydrogen-bond acceptors (Lipinski definition) is 0. The number of fused-ring (bicyclic) bond motifs is 1. The van der Waals surface area contributed by atoms with Crippen molar-refractivity contribution in [3.05, 3.63) is 192 Å². The molecule has 0 amide bonds. The Morgan fingerprint density at radius 2 is 0.625 bits per heavy atom. The lowest BCUT2D eigenvalue weighted by Crippen LogP contribution is -2.81. The van der Waals surface area contributed by atoms with Crippen LogP contribution in [0.4, 0.5) is 87.8 Å². The van der Waals surface area contributed by atoms with Crippen LogP contribution in [0.25, 0.3) is 10.8 Å². The molecule has 0 saturated carbocycles. The Bertz CT molecular complexity index is 2680. The van der Waals surface area contributed by atoms with Crippen molar-refractivity contribution in [2.45, 2.75) is 6.54 Å². The molecule has 64 heavy (non-hydrogen) atoms. The zero-order valence-corrected chi connectivity index (χ0v) is 33.5. The van der Waals surface area contributed by atoms with Crippen molar-refractivity contribution in [1.29, 1.82) is 0 Å². The van der Waals surface area contributed by atoms with Gasteiger partial charge in [0.05, 0.1) is 5.39 Å². The van der Waals surface area contributed by atoms with Crippen molar-refractivity contribution in [2.75, 3.05) is 0 Å². The molecule has 0 aliphatic carbocycles. The monoisotopic (exact) mass is 1050 g/mol. The van der Waals surface area contributed by atoms with Crippen molar-refractivity contribution in [3.8, 4) is 0 Å². The summed E-state index contributed by atoms with van der Waals surface area (Å²) in [5.74, 6) is -71.4. The molecule has 0 aliphatic rings. The summed E-state index contributed by atoms with van der Waals surface area (Å²) >= 11 is 7.31. The van der Waals surface area contributed by atoms with E-state index in [1.165, 1.54) is 16.3 Å². The van der Waals surface area contributed by atoms with Gasteiger partial charge in [-0.3, -0.25) is 0 Å². The molecule has 0 aliphatic heterocycles. The third-order valence-corrected chi connectivity index (χ3v) is 11.4. The van der Waals surface area contributed by atoms with Crippen molar-refractivity contribution in [3.63, 3.8) is 0 Å². The summed E-state index contributed by atoms with van der Waals surface area (Å²) in [5, 5.41) is 2.44.